The van der Waals surface area contributed by atoms with Crippen molar-refractivity contribution < 1.29 is 5.11 Å². The minimum absolute atomic E-state index is 0.244. The summed E-state index contributed by atoms with van der Waals surface area (Å²) in [5.74, 6) is 2.28. The van der Waals surface area contributed by atoms with Crippen molar-refractivity contribution in [3.05, 3.63) is 36.2 Å². The maximum atomic E-state index is 9.18. The van der Waals surface area contributed by atoms with E-state index in [4.69, 9.17) is 0 Å². The third-order valence-corrected chi connectivity index (χ3v) is 3.35. The molecule has 0 saturated carbocycles. The highest BCUT2D eigenvalue weighted by Crippen LogP contribution is 2.25. The number of fused-ring (bicyclic) bond motifs is 1. The van der Waals surface area contributed by atoms with Gasteiger partial charge in [0.2, 0.25) is 0 Å². The number of aliphatic hydroxyl groups is 1. The molecule has 0 radical (unpaired) electrons. The lowest BCUT2D eigenvalue weighted by Crippen LogP contribution is -2.22. The summed E-state index contributed by atoms with van der Waals surface area (Å²) >= 11 is 0. The average molecular weight is 229 g/mol. The molecule has 2 heterocycles. The highest BCUT2D eigenvalue weighted by Gasteiger charge is 2.22. The topological polar surface area (TPSA) is 50.9 Å². The molecule has 1 atom stereocenters. The SMILES string of the molecule is OCC1CCn2c(nnc2-c2ccccc2)C1. The van der Waals surface area contributed by atoms with Crippen LogP contribution >= 0.6 is 0 Å². The first-order valence-electron chi connectivity index (χ1n) is 5.97. The van der Waals surface area contributed by atoms with Gasteiger partial charge in [0.25, 0.3) is 0 Å². The molecule has 1 N–H and O–H groups in total. The molecular formula is C13H15N3O. The molecule has 1 aliphatic heterocycles. The largest absolute Gasteiger partial charge is 0.396 e. The Labute approximate surface area is 99.9 Å². The van der Waals surface area contributed by atoms with Gasteiger partial charge in [0, 0.05) is 25.1 Å². The first-order chi connectivity index (χ1) is 8.38. The molecule has 17 heavy (non-hydrogen) atoms. The second-order valence-electron chi connectivity index (χ2n) is 4.50. The Kier molecular flexibility index (Phi) is 2.65. The molecule has 3 rings (SSSR count). The number of aromatic nitrogens is 3. The fourth-order valence-corrected chi connectivity index (χ4v) is 2.35. The van der Waals surface area contributed by atoms with Crippen LogP contribution in [-0.4, -0.2) is 26.5 Å². The molecule has 0 aliphatic carbocycles. The van der Waals surface area contributed by atoms with Gasteiger partial charge in [-0.3, -0.25) is 0 Å². The Morgan fingerprint density at radius 2 is 2.06 bits per heavy atom. The fourth-order valence-electron chi connectivity index (χ4n) is 2.35. The van der Waals surface area contributed by atoms with Crippen LogP contribution in [0.25, 0.3) is 11.4 Å². The summed E-state index contributed by atoms with van der Waals surface area (Å²) in [6.45, 7) is 1.14. The summed E-state index contributed by atoms with van der Waals surface area (Å²) in [6, 6.07) is 10.1. The van der Waals surface area contributed by atoms with Crippen molar-refractivity contribution in [2.24, 2.45) is 5.92 Å². The van der Waals surface area contributed by atoms with Crippen LogP contribution in [0.1, 0.15) is 12.2 Å². The average Bonchev–Trinajstić information content (AvgIpc) is 2.82. The van der Waals surface area contributed by atoms with Crippen molar-refractivity contribution in [3.8, 4) is 11.4 Å². The predicted octanol–water partition coefficient (Wildman–Crippen LogP) is 1.50. The summed E-state index contributed by atoms with van der Waals surface area (Å²) in [5.41, 5.74) is 1.11. The molecule has 2 aromatic rings. The number of hydrogen-bond donors (Lipinski definition) is 1. The van der Waals surface area contributed by atoms with Crippen LogP contribution in [0.2, 0.25) is 0 Å². The van der Waals surface area contributed by atoms with Crippen LogP contribution in [0.3, 0.4) is 0 Å². The first kappa shape index (κ1) is 10.5. The van der Waals surface area contributed by atoms with E-state index in [0.717, 1.165) is 36.6 Å². The van der Waals surface area contributed by atoms with Gasteiger partial charge in [-0.05, 0) is 12.3 Å². The van der Waals surface area contributed by atoms with Crippen molar-refractivity contribution >= 4 is 0 Å². The van der Waals surface area contributed by atoms with E-state index in [9.17, 15) is 5.11 Å². The molecule has 1 aromatic carbocycles. The monoisotopic (exact) mass is 229 g/mol. The van der Waals surface area contributed by atoms with Crippen molar-refractivity contribution in [1.82, 2.24) is 14.8 Å². The number of hydrogen-bond acceptors (Lipinski definition) is 3. The molecule has 1 aromatic heterocycles. The van der Waals surface area contributed by atoms with Crippen LogP contribution in [0, 0.1) is 5.92 Å². The number of rotatable bonds is 2. The standard InChI is InChI=1S/C13H15N3O/c17-9-10-6-7-16-12(8-10)14-15-13(16)11-4-2-1-3-5-11/h1-5,10,17H,6-9H2. The predicted molar refractivity (Wildman–Crippen MR) is 64.4 cm³/mol. The second kappa shape index (κ2) is 4.30. The van der Waals surface area contributed by atoms with E-state index < -0.39 is 0 Å². The molecule has 0 amide bonds. The summed E-state index contributed by atoms with van der Waals surface area (Å²) in [4.78, 5) is 0. The quantitative estimate of drug-likeness (QED) is 0.849. The Hall–Kier alpha value is -1.68. The molecule has 1 aliphatic rings. The van der Waals surface area contributed by atoms with E-state index in [2.05, 4.69) is 26.9 Å². The minimum atomic E-state index is 0.244. The molecule has 1 unspecified atom stereocenters. The molecule has 4 heteroatoms. The highest BCUT2D eigenvalue weighted by molar-refractivity contribution is 5.55. The lowest BCUT2D eigenvalue weighted by Gasteiger charge is -2.21. The first-order valence-corrected chi connectivity index (χ1v) is 5.97. The summed E-state index contributed by atoms with van der Waals surface area (Å²) in [5, 5.41) is 17.7. The molecule has 88 valence electrons. The Balaban J connectivity index is 1.97. The summed E-state index contributed by atoms with van der Waals surface area (Å²) in [7, 11) is 0. The number of aliphatic hydroxyl groups excluding tert-OH is 1. The fraction of sp³-hybridized carbons (Fsp3) is 0.385. The zero-order valence-corrected chi connectivity index (χ0v) is 9.58. The molecule has 0 spiro atoms. The van der Waals surface area contributed by atoms with Gasteiger partial charge in [-0.2, -0.15) is 0 Å². The van der Waals surface area contributed by atoms with E-state index in [0.29, 0.717) is 5.92 Å². The van der Waals surface area contributed by atoms with Crippen LogP contribution in [0.4, 0.5) is 0 Å². The Morgan fingerprint density at radius 3 is 2.82 bits per heavy atom. The van der Waals surface area contributed by atoms with E-state index in [1.807, 2.05) is 18.2 Å². The van der Waals surface area contributed by atoms with Gasteiger partial charge in [0.15, 0.2) is 5.82 Å². The van der Waals surface area contributed by atoms with Gasteiger partial charge in [-0.15, -0.1) is 10.2 Å². The Morgan fingerprint density at radius 1 is 1.24 bits per heavy atom. The van der Waals surface area contributed by atoms with Crippen molar-refractivity contribution in [1.29, 1.82) is 0 Å². The van der Waals surface area contributed by atoms with Crippen molar-refractivity contribution in [2.45, 2.75) is 19.4 Å². The number of nitrogens with zero attached hydrogens (tertiary/aromatic N) is 3. The summed E-state index contributed by atoms with van der Waals surface area (Å²) in [6.07, 6.45) is 1.83. The molecule has 0 fully saturated rings. The third kappa shape index (κ3) is 1.85. The van der Waals surface area contributed by atoms with Gasteiger partial charge in [-0.1, -0.05) is 30.3 Å². The molecule has 4 nitrogen and oxygen atoms in total. The Bertz CT molecular complexity index is 507. The van der Waals surface area contributed by atoms with E-state index in [1.54, 1.807) is 0 Å². The van der Waals surface area contributed by atoms with Gasteiger partial charge in [0.05, 0.1) is 0 Å². The lowest BCUT2D eigenvalue weighted by atomic mass is 9.99. The van der Waals surface area contributed by atoms with Crippen molar-refractivity contribution in [2.75, 3.05) is 6.61 Å². The third-order valence-electron chi connectivity index (χ3n) is 3.35. The second-order valence-corrected chi connectivity index (χ2v) is 4.50. The van der Waals surface area contributed by atoms with Crippen LogP contribution in [0.15, 0.2) is 30.3 Å². The van der Waals surface area contributed by atoms with E-state index >= 15 is 0 Å². The van der Waals surface area contributed by atoms with Crippen LogP contribution < -0.4 is 0 Å². The zero-order valence-electron chi connectivity index (χ0n) is 9.58. The normalized spacial score (nSPS) is 19.0. The maximum absolute atomic E-state index is 9.18. The smallest absolute Gasteiger partial charge is 0.163 e. The van der Waals surface area contributed by atoms with Gasteiger partial charge in [0.1, 0.15) is 5.82 Å². The van der Waals surface area contributed by atoms with Gasteiger partial charge >= 0.3 is 0 Å². The zero-order chi connectivity index (χ0) is 11.7. The van der Waals surface area contributed by atoms with Crippen LogP contribution in [0.5, 0.6) is 0 Å². The van der Waals surface area contributed by atoms with Gasteiger partial charge < -0.3 is 9.67 Å². The highest BCUT2D eigenvalue weighted by atomic mass is 16.3. The minimum Gasteiger partial charge on any atom is -0.396 e. The maximum Gasteiger partial charge on any atom is 0.163 e. The summed E-state index contributed by atoms with van der Waals surface area (Å²) < 4.78 is 2.17. The van der Waals surface area contributed by atoms with Gasteiger partial charge in [-0.25, -0.2) is 0 Å². The molecule has 0 saturated heterocycles. The van der Waals surface area contributed by atoms with E-state index in [-0.39, 0.29) is 6.61 Å². The molecular weight excluding hydrogens is 214 g/mol. The molecule has 0 bridgehead atoms. The van der Waals surface area contributed by atoms with Crippen molar-refractivity contribution in [3.63, 3.8) is 0 Å². The lowest BCUT2D eigenvalue weighted by molar-refractivity contribution is 0.199. The van der Waals surface area contributed by atoms with E-state index in [1.165, 1.54) is 0 Å². The van der Waals surface area contributed by atoms with Crippen LogP contribution in [-0.2, 0) is 13.0 Å². The number of benzene rings is 1.